The van der Waals surface area contributed by atoms with E-state index in [2.05, 4.69) is 10.6 Å². The minimum Gasteiger partial charge on any atom is -0.445 e. The Labute approximate surface area is 320 Å². The number of amides is 4. The van der Waals surface area contributed by atoms with Crippen molar-refractivity contribution in [3.63, 3.8) is 0 Å². The van der Waals surface area contributed by atoms with Crippen LogP contribution in [-0.4, -0.2) is 125 Å². The molecule has 2 N–H and O–H groups in total. The lowest BCUT2D eigenvalue weighted by Crippen LogP contribution is -2.53. The summed E-state index contributed by atoms with van der Waals surface area (Å²) in [4.78, 5) is 56.4. The minimum atomic E-state index is -0.788. The van der Waals surface area contributed by atoms with Gasteiger partial charge in [-0.15, -0.1) is 0 Å². The molecule has 1 saturated heterocycles. The van der Waals surface area contributed by atoms with Crippen LogP contribution in [0.2, 0.25) is 0 Å². The number of rotatable bonds is 12. The summed E-state index contributed by atoms with van der Waals surface area (Å²) >= 11 is 0. The Morgan fingerprint density at radius 1 is 0.556 bits per heavy atom. The highest BCUT2D eigenvalue weighted by Gasteiger charge is 2.32. The first-order chi connectivity index (χ1) is 26.2. The zero-order valence-electron chi connectivity index (χ0n) is 32.4. The first kappa shape index (κ1) is 44.2. The van der Waals surface area contributed by atoms with E-state index in [1.807, 2.05) is 88.4 Å². The van der Waals surface area contributed by atoms with E-state index >= 15 is 0 Å². The zero-order chi connectivity index (χ0) is 39.0. The number of hydrogen-bond donors (Lipinski definition) is 2. The van der Waals surface area contributed by atoms with Crippen LogP contribution in [0.15, 0.2) is 60.7 Å². The second kappa shape index (κ2) is 25.7. The van der Waals surface area contributed by atoms with Crippen LogP contribution in [0, 0.1) is 11.8 Å². The van der Waals surface area contributed by atoms with E-state index in [9.17, 15) is 19.2 Å². The van der Waals surface area contributed by atoms with Crippen LogP contribution in [-0.2, 0) is 51.2 Å². The SMILES string of the molecule is CCC(C)C(NC(=O)OCc1ccccc1)C(=O)N1CCOCCOCCN(C(=O)C(NC(=O)OCc2ccccc2)C(C)CC)CCOCCOCC1. The maximum absolute atomic E-state index is 13.8. The highest BCUT2D eigenvalue weighted by atomic mass is 16.6. The number of carbonyl (C=O) groups is 4. The van der Waals surface area contributed by atoms with Gasteiger partial charge in [0.1, 0.15) is 25.3 Å². The molecule has 14 nitrogen and oxygen atoms in total. The van der Waals surface area contributed by atoms with Crippen molar-refractivity contribution in [2.24, 2.45) is 11.8 Å². The fourth-order valence-electron chi connectivity index (χ4n) is 5.55. The van der Waals surface area contributed by atoms with Crippen molar-refractivity contribution in [2.45, 2.75) is 65.8 Å². The molecule has 0 bridgehead atoms. The summed E-state index contributed by atoms with van der Waals surface area (Å²) in [6.07, 6.45) is 0.0245. The predicted molar refractivity (Wildman–Crippen MR) is 202 cm³/mol. The summed E-state index contributed by atoms with van der Waals surface area (Å²) in [6.45, 7) is 11.2. The summed E-state index contributed by atoms with van der Waals surface area (Å²) < 4.78 is 34.1. The largest absolute Gasteiger partial charge is 0.445 e. The molecule has 1 fully saturated rings. The lowest BCUT2D eigenvalue weighted by Gasteiger charge is -2.31. The lowest BCUT2D eigenvalue weighted by atomic mass is 9.98. The van der Waals surface area contributed by atoms with Gasteiger partial charge in [0.25, 0.3) is 0 Å². The topological polar surface area (TPSA) is 154 Å². The average molecular weight is 757 g/mol. The van der Waals surface area contributed by atoms with E-state index in [1.165, 1.54) is 0 Å². The number of hydrogen-bond acceptors (Lipinski definition) is 10. The summed E-state index contributed by atoms with van der Waals surface area (Å²) in [5.41, 5.74) is 1.70. The molecule has 3 rings (SSSR count). The molecule has 0 spiro atoms. The summed E-state index contributed by atoms with van der Waals surface area (Å²) in [5, 5.41) is 5.58. The molecule has 1 heterocycles. The molecule has 4 unspecified atom stereocenters. The van der Waals surface area contributed by atoms with Crippen LogP contribution < -0.4 is 10.6 Å². The van der Waals surface area contributed by atoms with Crippen LogP contribution in [0.5, 0.6) is 0 Å². The summed E-state index contributed by atoms with van der Waals surface area (Å²) in [6, 6.07) is 17.1. The van der Waals surface area contributed by atoms with Crippen LogP contribution in [0.1, 0.15) is 51.7 Å². The van der Waals surface area contributed by atoms with E-state index in [0.29, 0.717) is 12.8 Å². The van der Waals surface area contributed by atoms with Crippen molar-refractivity contribution in [1.82, 2.24) is 20.4 Å². The highest BCUT2D eigenvalue weighted by Crippen LogP contribution is 2.14. The maximum atomic E-state index is 13.8. The lowest BCUT2D eigenvalue weighted by molar-refractivity contribution is -0.138. The Balaban J connectivity index is 1.54. The van der Waals surface area contributed by atoms with Crippen LogP contribution >= 0.6 is 0 Å². The number of benzene rings is 2. The van der Waals surface area contributed by atoms with Crippen molar-refractivity contribution in [2.75, 3.05) is 79.0 Å². The molecule has 0 radical (unpaired) electrons. The molecule has 4 amide bonds. The van der Waals surface area contributed by atoms with Gasteiger partial charge in [0.05, 0.1) is 52.9 Å². The van der Waals surface area contributed by atoms with Gasteiger partial charge < -0.3 is 48.9 Å². The zero-order valence-corrected chi connectivity index (χ0v) is 32.4. The molecule has 0 saturated carbocycles. The fourth-order valence-corrected chi connectivity index (χ4v) is 5.55. The molecule has 300 valence electrons. The number of alkyl carbamates (subject to hydrolysis) is 2. The number of ether oxygens (including phenoxy) is 6. The Bertz CT molecular complexity index is 1250. The third-order valence-electron chi connectivity index (χ3n) is 9.32. The van der Waals surface area contributed by atoms with E-state index in [4.69, 9.17) is 28.4 Å². The first-order valence-electron chi connectivity index (χ1n) is 19.1. The van der Waals surface area contributed by atoms with Crippen LogP contribution in [0.4, 0.5) is 9.59 Å². The van der Waals surface area contributed by atoms with Crippen LogP contribution in [0.25, 0.3) is 0 Å². The van der Waals surface area contributed by atoms with Gasteiger partial charge in [0.2, 0.25) is 11.8 Å². The molecule has 2 aromatic rings. The molecule has 1 aliphatic rings. The molecule has 54 heavy (non-hydrogen) atoms. The number of carbonyl (C=O) groups excluding carboxylic acids is 4. The van der Waals surface area contributed by atoms with Gasteiger partial charge in [0, 0.05) is 26.2 Å². The average Bonchev–Trinajstić information content (AvgIpc) is 3.20. The molecule has 0 aromatic heterocycles. The van der Waals surface area contributed by atoms with Gasteiger partial charge in [-0.2, -0.15) is 0 Å². The monoisotopic (exact) mass is 756 g/mol. The van der Waals surface area contributed by atoms with Crippen molar-refractivity contribution >= 4 is 24.0 Å². The Morgan fingerprint density at radius 2 is 0.870 bits per heavy atom. The Morgan fingerprint density at radius 3 is 1.17 bits per heavy atom. The molecular formula is C40H60N4O10. The van der Waals surface area contributed by atoms with E-state index in [0.717, 1.165) is 11.1 Å². The summed E-state index contributed by atoms with van der Waals surface area (Å²) in [7, 11) is 0. The Hall–Kier alpha value is -4.24. The van der Waals surface area contributed by atoms with E-state index < -0.39 is 24.3 Å². The first-order valence-corrected chi connectivity index (χ1v) is 19.1. The molecule has 14 heteroatoms. The standard InChI is InChI=1S/C40H60N4O10/c1-5-31(3)35(41-39(47)53-29-33-13-9-7-10-14-33)37(45)43-17-21-49-25-27-51-23-19-44(20-24-52-28-26-50-22-18-43)38(46)36(32(4)6-2)42-40(48)54-30-34-15-11-8-12-16-34/h7-16,31-32,35-36H,5-6,17-30H2,1-4H3,(H,41,47)(H,42,48). The molecular weight excluding hydrogens is 696 g/mol. The fraction of sp³-hybridized carbons (Fsp3) is 0.600. The number of nitrogens with zero attached hydrogens (tertiary/aromatic N) is 2. The van der Waals surface area contributed by atoms with Gasteiger partial charge in [-0.3, -0.25) is 9.59 Å². The predicted octanol–water partition coefficient (Wildman–Crippen LogP) is 4.41. The third-order valence-corrected chi connectivity index (χ3v) is 9.32. The maximum Gasteiger partial charge on any atom is 0.408 e. The van der Waals surface area contributed by atoms with Crippen molar-refractivity contribution < 1.29 is 47.6 Å². The molecule has 4 atom stereocenters. The normalized spacial score (nSPS) is 17.8. The molecule has 0 aliphatic carbocycles. The van der Waals surface area contributed by atoms with Gasteiger partial charge in [0.15, 0.2) is 0 Å². The quantitative estimate of drug-likeness (QED) is 0.319. The van der Waals surface area contributed by atoms with Crippen molar-refractivity contribution in [3.05, 3.63) is 71.8 Å². The molecule has 2 aromatic carbocycles. The van der Waals surface area contributed by atoms with E-state index in [-0.39, 0.29) is 116 Å². The van der Waals surface area contributed by atoms with E-state index in [1.54, 1.807) is 9.80 Å². The Kier molecular flexibility index (Phi) is 21.0. The smallest absolute Gasteiger partial charge is 0.408 e. The third kappa shape index (κ3) is 16.4. The van der Waals surface area contributed by atoms with Crippen molar-refractivity contribution in [1.29, 1.82) is 0 Å². The van der Waals surface area contributed by atoms with Crippen molar-refractivity contribution in [3.8, 4) is 0 Å². The second-order valence-corrected chi connectivity index (χ2v) is 13.2. The molecule has 1 aliphatic heterocycles. The van der Waals surface area contributed by atoms with Gasteiger partial charge in [-0.25, -0.2) is 9.59 Å². The second-order valence-electron chi connectivity index (χ2n) is 13.2. The van der Waals surface area contributed by atoms with Gasteiger partial charge >= 0.3 is 12.2 Å². The van der Waals surface area contributed by atoms with Crippen LogP contribution in [0.3, 0.4) is 0 Å². The minimum absolute atomic E-state index is 0.0970. The summed E-state index contributed by atoms with van der Waals surface area (Å²) in [5.74, 6) is -0.770. The highest BCUT2D eigenvalue weighted by molar-refractivity contribution is 5.86. The number of nitrogens with one attached hydrogen (secondary N) is 2. The van der Waals surface area contributed by atoms with Gasteiger partial charge in [-0.05, 0) is 23.0 Å². The van der Waals surface area contributed by atoms with Gasteiger partial charge in [-0.1, -0.05) is 101 Å².